The van der Waals surface area contributed by atoms with E-state index in [1.165, 1.54) is 43.4 Å². The Bertz CT molecular complexity index is 367. The van der Waals surface area contributed by atoms with Gasteiger partial charge in [-0.2, -0.15) is 0 Å². The van der Waals surface area contributed by atoms with Crippen LogP contribution in [0.1, 0.15) is 49.4 Å². The van der Waals surface area contributed by atoms with Crippen molar-refractivity contribution in [2.75, 3.05) is 0 Å². The molecule has 15 heavy (non-hydrogen) atoms. The highest BCUT2D eigenvalue weighted by atomic mass is 14.8. The lowest BCUT2D eigenvalue weighted by Crippen LogP contribution is -2.33. The van der Waals surface area contributed by atoms with Gasteiger partial charge in [0.2, 0.25) is 0 Å². The summed E-state index contributed by atoms with van der Waals surface area (Å²) in [6.07, 6.45) is 9.69. The van der Waals surface area contributed by atoms with Crippen LogP contribution in [-0.4, -0.2) is 4.98 Å². The minimum atomic E-state index is 0.237. The van der Waals surface area contributed by atoms with Crippen LogP contribution in [0.5, 0.6) is 0 Å². The molecular weight excluding hydrogens is 184 g/mol. The van der Waals surface area contributed by atoms with Gasteiger partial charge in [0.15, 0.2) is 0 Å². The predicted molar refractivity (Wildman–Crippen MR) is 60.4 cm³/mol. The first-order valence-electron chi connectivity index (χ1n) is 6.01. The highest BCUT2D eigenvalue weighted by Gasteiger charge is 2.44. The second-order valence-corrected chi connectivity index (χ2v) is 5.12. The Morgan fingerprint density at radius 2 is 2.07 bits per heavy atom. The highest BCUT2D eigenvalue weighted by molar-refractivity contribution is 5.33. The van der Waals surface area contributed by atoms with Crippen LogP contribution in [-0.2, 0) is 6.42 Å². The molecule has 2 nitrogen and oxygen atoms in total. The summed E-state index contributed by atoms with van der Waals surface area (Å²) in [7, 11) is 0. The maximum absolute atomic E-state index is 6.42. The average Bonchev–Trinajstić information content (AvgIpc) is 2.54. The summed E-state index contributed by atoms with van der Waals surface area (Å²) < 4.78 is 0. The molecule has 0 bridgehead atoms. The molecule has 1 heterocycles. The summed E-state index contributed by atoms with van der Waals surface area (Å²) in [4.78, 5) is 4.48. The summed E-state index contributed by atoms with van der Waals surface area (Å²) in [5.74, 6) is 0. The summed E-state index contributed by atoms with van der Waals surface area (Å²) in [5, 5.41) is 0. The van der Waals surface area contributed by atoms with Crippen LogP contribution in [0.2, 0.25) is 0 Å². The zero-order chi connectivity index (χ0) is 10.3. The van der Waals surface area contributed by atoms with Crippen LogP contribution in [0.3, 0.4) is 0 Å². The molecule has 0 aliphatic heterocycles. The van der Waals surface area contributed by atoms with Gasteiger partial charge in [0.25, 0.3) is 0 Å². The molecule has 0 amide bonds. The number of fused-ring (bicyclic) bond motifs is 1. The van der Waals surface area contributed by atoms with Gasteiger partial charge in [-0.1, -0.05) is 25.3 Å². The van der Waals surface area contributed by atoms with Crippen molar-refractivity contribution in [1.82, 2.24) is 4.98 Å². The van der Waals surface area contributed by atoms with Gasteiger partial charge < -0.3 is 5.73 Å². The average molecular weight is 202 g/mol. The fourth-order valence-corrected chi connectivity index (χ4v) is 3.40. The van der Waals surface area contributed by atoms with Crippen molar-refractivity contribution in [1.29, 1.82) is 0 Å². The zero-order valence-corrected chi connectivity index (χ0v) is 9.08. The minimum Gasteiger partial charge on any atom is -0.323 e. The number of aromatic nitrogens is 1. The highest BCUT2D eigenvalue weighted by Crippen LogP contribution is 2.52. The Labute approximate surface area is 90.9 Å². The summed E-state index contributed by atoms with van der Waals surface area (Å²) >= 11 is 0. The molecule has 1 aromatic heterocycles. The van der Waals surface area contributed by atoms with E-state index in [1.54, 1.807) is 0 Å². The van der Waals surface area contributed by atoms with E-state index in [4.69, 9.17) is 5.73 Å². The van der Waals surface area contributed by atoms with E-state index < -0.39 is 0 Å². The summed E-state index contributed by atoms with van der Waals surface area (Å²) in [6.45, 7) is 0. The molecule has 1 aromatic rings. The van der Waals surface area contributed by atoms with Gasteiger partial charge in [0, 0.05) is 17.9 Å². The Kier molecular flexibility index (Phi) is 2.06. The maximum Gasteiger partial charge on any atom is 0.0457 e. The Morgan fingerprint density at radius 1 is 1.27 bits per heavy atom. The fourth-order valence-electron chi connectivity index (χ4n) is 3.40. The number of nitrogens with two attached hydrogens (primary N) is 1. The molecule has 0 aromatic carbocycles. The molecule has 1 unspecified atom stereocenters. The Hall–Kier alpha value is -0.890. The van der Waals surface area contributed by atoms with Gasteiger partial charge in [-0.25, -0.2) is 0 Å². The van der Waals surface area contributed by atoms with Crippen molar-refractivity contribution < 1.29 is 0 Å². The van der Waals surface area contributed by atoms with Crippen LogP contribution in [0.15, 0.2) is 18.3 Å². The molecule has 2 N–H and O–H groups in total. The van der Waals surface area contributed by atoms with Crippen molar-refractivity contribution in [3.63, 3.8) is 0 Å². The topological polar surface area (TPSA) is 38.9 Å². The normalized spacial score (nSPS) is 27.9. The lowest BCUT2D eigenvalue weighted by Gasteiger charge is -2.37. The Balaban J connectivity index is 1.98. The number of pyridine rings is 1. The fraction of sp³-hybridized carbons (Fsp3) is 0.615. The van der Waals surface area contributed by atoms with Crippen LogP contribution < -0.4 is 5.73 Å². The predicted octanol–water partition coefficient (Wildman–Crippen LogP) is 2.59. The molecule has 3 rings (SSSR count). The monoisotopic (exact) mass is 202 g/mol. The lowest BCUT2D eigenvalue weighted by molar-refractivity contribution is 0.162. The van der Waals surface area contributed by atoms with E-state index in [2.05, 4.69) is 11.1 Å². The molecule has 0 saturated heterocycles. The van der Waals surface area contributed by atoms with E-state index in [0.29, 0.717) is 5.41 Å². The largest absolute Gasteiger partial charge is 0.323 e. The summed E-state index contributed by atoms with van der Waals surface area (Å²) in [5.41, 5.74) is 9.33. The first-order chi connectivity index (χ1) is 7.32. The second-order valence-electron chi connectivity index (χ2n) is 5.12. The van der Waals surface area contributed by atoms with Gasteiger partial charge >= 0.3 is 0 Å². The van der Waals surface area contributed by atoms with Gasteiger partial charge in [-0.05, 0) is 36.3 Å². The quantitative estimate of drug-likeness (QED) is 0.702. The van der Waals surface area contributed by atoms with Crippen LogP contribution in [0, 0.1) is 5.41 Å². The number of hydrogen-bond donors (Lipinski definition) is 1. The maximum atomic E-state index is 6.42. The van der Waals surface area contributed by atoms with Crippen LogP contribution >= 0.6 is 0 Å². The third-order valence-electron chi connectivity index (χ3n) is 4.29. The van der Waals surface area contributed by atoms with Crippen LogP contribution in [0.4, 0.5) is 0 Å². The SMILES string of the molecule is NC1c2cccnc2CC12CCCCC2. The minimum absolute atomic E-state index is 0.237. The first-order valence-corrected chi connectivity index (χ1v) is 6.01. The number of hydrogen-bond acceptors (Lipinski definition) is 2. The summed E-state index contributed by atoms with van der Waals surface area (Å²) in [6, 6.07) is 4.41. The third kappa shape index (κ3) is 1.31. The van der Waals surface area contributed by atoms with Crippen LogP contribution in [0.25, 0.3) is 0 Å². The van der Waals surface area contributed by atoms with Crippen molar-refractivity contribution in [3.05, 3.63) is 29.6 Å². The van der Waals surface area contributed by atoms with E-state index in [-0.39, 0.29) is 6.04 Å². The molecule has 2 heteroatoms. The van der Waals surface area contributed by atoms with Gasteiger partial charge in [0.1, 0.15) is 0 Å². The molecule has 1 fully saturated rings. The van der Waals surface area contributed by atoms with Crippen molar-refractivity contribution in [2.45, 2.75) is 44.6 Å². The molecule has 80 valence electrons. The van der Waals surface area contributed by atoms with Crippen molar-refractivity contribution in [2.24, 2.45) is 11.1 Å². The molecule has 2 aliphatic rings. The van der Waals surface area contributed by atoms with Gasteiger partial charge in [-0.3, -0.25) is 4.98 Å². The molecule has 1 atom stereocenters. The first kappa shape index (κ1) is 9.34. The van der Waals surface area contributed by atoms with E-state index in [9.17, 15) is 0 Å². The smallest absolute Gasteiger partial charge is 0.0457 e. The van der Waals surface area contributed by atoms with E-state index in [0.717, 1.165) is 6.42 Å². The van der Waals surface area contributed by atoms with E-state index >= 15 is 0 Å². The molecule has 2 aliphatic carbocycles. The van der Waals surface area contributed by atoms with Crippen molar-refractivity contribution in [3.8, 4) is 0 Å². The van der Waals surface area contributed by atoms with Gasteiger partial charge in [0.05, 0.1) is 0 Å². The molecule has 1 saturated carbocycles. The lowest BCUT2D eigenvalue weighted by atomic mass is 9.70. The molecular formula is C13H18N2. The van der Waals surface area contributed by atoms with Gasteiger partial charge in [-0.15, -0.1) is 0 Å². The number of rotatable bonds is 0. The second kappa shape index (κ2) is 3.31. The number of nitrogens with zero attached hydrogens (tertiary/aromatic N) is 1. The Morgan fingerprint density at radius 3 is 2.80 bits per heavy atom. The van der Waals surface area contributed by atoms with Crippen molar-refractivity contribution >= 4 is 0 Å². The third-order valence-corrected chi connectivity index (χ3v) is 4.29. The molecule has 0 radical (unpaired) electrons. The standard InChI is InChI=1S/C13H18N2/c14-12-10-5-4-8-15-11(10)9-13(12)6-2-1-3-7-13/h4-5,8,12H,1-3,6-7,9,14H2. The zero-order valence-electron chi connectivity index (χ0n) is 9.08. The molecule has 1 spiro atoms. The van der Waals surface area contributed by atoms with E-state index in [1.807, 2.05) is 12.3 Å².